The summed E-state index contributed by atoms with van der Waals surface area (Å²) in [5.41, 5.74) is 20.3. The third-order valence-corrected chi connectivity index (χ3v) is 5.78. The number of nitrogen functional groups attached to an aromatic ring is 2. The molecule has 26 heavy (non-hydrogen) atoms. The standard InChI is InChI=1S/C22H22IN3/c1-2-10-26-20-13-16(25)12-19(23)21(20)17-9-8-15(24)11-18(17)22(26)14-6-4-3-5-7-14/h3-9,11-13,22H,2,10,24-25H2,1H3. The molecule has 0 saturated carbocycles. The molecule has 4 heteroatoms. The van der Waals surface area contributed by atoms with Gasteiger partial charge in [0.15, 0.2) is 0 Å². The molecule has 1 unspecified atom stereocenters. The van der Waals surface area contributed by atoms with E-state index in [1.54, 1.807) is 0 Å². The van der Waals surface area contributed by atoms with Crippen LogP contribution in [0.2, 0.25) is 0 Å². The molecule has 4 N–H and O–H groups in total. The maximum Gasteiger partial charge on any atom is 0.0802 e. The van der Waals surface area contributed by atoms with Crippen molar-refractivity contribution in [3.05, 3.63) is 75.4 Å². The molecule has 0 aliphatic carbocycles. The van der Waals surface area contributed by atoms with E-state index in [1.807, 2.05) is 12.1 Å². The minimum atomic E-state index is 0.139. The molecule has 4 rings (SSSR count). The van der Waals surface area contributed by atoms with Crippen molar-refractivity contribution in [2.45, 2.75) is 19.4 Å². The normalized spacial score (nSPS) is 15.5. The number of nitrogens with zero attached hydrogens (tertiary/aromatic N) is 1. The van der Waals surface area contributed by atoms with E-state index < -0.39 is 0 Å². The quantitative estimate of drug-likeness (QED) is 0.409. The van der Waals surface area contributed by atoms with E-state index in [0.717, 1.165) is 24.3 Å². The highest BCUT2D eigenvalue weighted by molar-refractivity contribution is 14.1. The Hall–Kier alpha value is -2.21. The Bertz CT molecular complexity index is 953. The van der Waals surface area contributed by atoms with Crippen molar-refractivity contribution in [3.63, 3.8) is 0 Å². The van der Waals surface area contributed by atoms with Gasteiger partial charge in [-0.05, 0) is 70.0 Å². The maximum absolute atomic E-state index is 6.22. The van der Waals surface area contributed by atoms with Crippen molar-refractivity contribution in [2.75, 3.05) is 22.9 Å². The first-order chi connectivity index (χ1) is 12.6. The van der Waals surface area contributed by atoms with Crippen LogP contribution < -0.4 is 16.4 Å². The molecule has 0 fully saturated rings. The Kier molecular flexibility index (Phi) is 4.53. The summed E-state index contributed by atoms with van der Waals surface area (Å²) in [6, 6.07) is 21.2. The fourth-order valence-corrected chi connectivity index (χ4v) is 4.86. The fourth-order valence-electron chi connectivity index (χ4n) is 3.93. The summed E-state index contributed by atoms with van der Waals surface area (Å²) in [7, 11) is 0. The van der Waals surface area contributed by atoms with Crippen LogP contribution in [-0.2, 0) is 0 Å². The summed E-state index contributed by atoms with van der Waals surface area (Å²) in [6.07, 6.45) is 1.06. The Balaban J connectivity index is 2.05. The maximum atomic E-state index is 6.22. The molecule has 132 valence electrons. The molecular weight excluding hydrogens is 433 g/mol. The van der Waals surface area contributed by atoms with E-state index in [1.165, 1.54) is 31.5 Å². The van der Waals surface area contributed by atoms with Crippen LogP contribution in [-0.4, -0.2) is 6.54 Å². The van der Waals surface area contributed by atoms with Gasteiger partial charge < -0.3 is 16.4 Å². The van der Waals surface area contributed by atoms with Gasteiger partial charge in [0.05, 0.1) is 6.04 Å². The minimum absolute atomic E-state index is 0.139. The predicted octanol–water partition coefficient (Wildman–Crippen LogP) is 5.44. The Labute approximate surface area is 168 Å². The van der Waals surface area contributed by atoms with Crippen LogP contribution in [0.1, 0.15) is 30.5 Å². The van der Waals surface area contributed by atoms with Crippen molar-refractivity contribution in [3.8, 4) is 11.1 Å². The van der Waals surface area contributed by atoms with Crippen LogP contribution in [0.5, 0.6) is 0 Å². The Morgan fingerprint density at radius 2 is 1.73 bits per heavy atom. The van der Waals surface area contributed by atoms with Crippen LogP contribution in [0.3, 0.4) is 0 Å². The van der Waals surface area contributed by atoms with Gasteiger partial charge in [0.1, 0.15) is 0 Å². The number of anilines is 3. The van der Waals surface area contributed by atoms with E-state index in [9.17, 15) is 0 Å². The first kappa shape index (κ1) is 17.2. The lowest BCUT2D eigenvalue weighted by atomic mass is 9.84. The van der Waals surface area contributed by atoms with Crippen LogP contribution >= 0.6 is 22.6 Å². The Morgan fingerprint density at radius 1 is 0.962 bits per heavy atom. The van der Waals surface area contributed by atoms with Crippen LogP contribution in [0.25, 0.3) is 11.1 Å². The smallest absolute Gasteiger partial charge is 0.0802 e. The number of hydrogen-bond acceptors (Lipinski definition) is 3. The molecule has 1 aliphatic rings. The summed E-state index contributed by atoms with van der Waals surface area (Å²) in [6.45, 7) is 3.17. The van der Waals surface area contributed by atoms with Crippen molar-refractivity contribution in [2.24, 2.45) is 0 Å². The second-order valence-electron chi connectivity index (χ2n) is 6.75. The van der Waals surface area contributed by atoms with Gasteiger partial charge in [0.25, 0.3) is 0 Å². The summed E-state index contributed by atoms with van der Waals surface area (Å²) in [4.78, 5) is 2.48. The number of fused-ring (bicyclic) bond motifs is 3. The molecule has 1 heterocycles. The third-order valence-electron chi connectivity index (χ3n) is 4.93. The van der Waals surface area contributed by atoms with Crippen molar-refractivity contribution in [1.29, 1.82) is 0 Å². The number of nitrogens with two attached hydrogens (primary N) is 2. The predicted molar refractivity (Wildman–Crippen MR) is 119 cm³/mol. The zero-order chi connectivity index (χ0) is 18.3. The molecular formula is C22H22IN3. The molecule has 0 bridgehead atoms. The van der Waals surface area contributed by atoms with E-state index in [-0.39, 0.29) is 6.04 Å². The number of halogens is 1. The van der Waals surface area contributed by atoms with Gasteiger partial charge in [-0.25, -0.2) is 0 Å². The second kappa shape index (κ2) is 6.83. The van der Waals surface area contributed by atoms with Crippen molar-refractivity contribution < 1.29 is 0 Å². The molecule has 3 nitrogen and oxygen atoms in total. The van der Waals surface area contributed by atoms with E-state index >= 15 is 0 Å². The van der Waals surface area contributed by atoms with E-state index in [0.29, 0.717) is 0 Å². The summed E-state index contributed by atoms with van der Waals surface area (Å²) in [5.74, 6) is 0. The monoisotopic (exact) mass is 455 g/mol. The summed E-state index contributed by atoms with van der Waals surface area (Å²) >= 11 is 2.40. The molecule has 1 atom stereocenters. The van der Waals surface area contributed by atoms with E-state index in [4.69, 9.17) is 11.5 Å². The molecule has 0 amide bonds. The van der Waals surface area contributed by atoms with Crippen LogP contribution in [0, 0.1) is 3.57 Å². The number of hydrogen-bond donors (Lipinski definition) is 2. The van der Waals surface area contributed by atoms with Crippen LogP contribution in [0.15, 0.2) is 60.7 Å². The molecule has 0 aromatic heterocycles. The average molecular weight is 455 g/mol. The zero-order valence-corrected chi connectivity index (χ0v) is 16.9. The highest BCUT2D eigenvalue weighted by Crippen LogP contribution is 2.50. The average Bonchev–Trinajstić information content (AvgIpc) is 2.62. The second-order valence-corrected chi connectivity index (χ2v) is 7.91. The zero-order valence-electron chi connectivity index (χ0n) is 14.7. The lowest BCUT2D eigenvalue weighted by Gasteiger charge is -2.41. The molecule has 0 saturated heterocycles. The van der Waals surface area contributed by atoms with Gasteiger partial charge >= 0.3 is 0 Å². The van der Waals surface area contributed by atoms with Gasteiger partial charge in [0.2, 0.25) is 0 Å². The van der Waals surface area contributed by atoms with Crippen molar-refractivity contribution in [1.82, 2.24) is 0 Å². The molecule has 3 aromatic rings. The topological polar surface area (TPSA) is 55.3 Å². The van der Waals surface area contributed by atoms with Gasteiger partial charge in [-0.3, -0.25) is 0 Å². The van der Waals surface area contributed by atoms with Gasteiger partial charge in [-0.2, -0.15) is 0 Å². The van der Waals surface area contributed by atoms with Crippen LogP contribution in [0.4, 0.5) is 17.1 Å². The SMILES string of the molecule is CCCN1c2cc(N)cc(I)c2-c2ccc(N)cc2C1c1ccccc1. The number of rotatable bonds is 3. The van der Waals surface area contributed by atoms with E-state index in [2.05, 4.69) is 82.9 Å². The third kappa shape index (κ3) is 2.82. The van der Waals surface area contributed by atoms with Crippen molar-refractivity contribution >= 4 is 39.7 Å². The summed E-state index contributed by atoms with van der Waals surface area (Å²) < 4.78 is 1.18. The lowest BCUT2D eigenvalue weighted by Crippen LogP contribution is -2.34. The summed E-state index contributed by atoms with van der Waals surface area (Å²) in [5, 5.41) is 0. The fraction of sp³-hybridized carbons (Fsp3) is 0.182. The largest absolute Gasteiger partial charge is 0.399 e. The van der Waals surface area contributed by atoms with Gasteiger partial charge in [0, 0.05) is 32.7 Å². The first-order valence-corrected chi connectivity index (χ1v) is 9.98. The first-order valence-electron chi connectivity index (χ1n) is 8.90. The highest BCUT2D eigenvalue weighted by atomic mass is 127. The molecule has 0 spiro atoms. The molecule has 0 radical (unpaired) electrons. The minimum Gasteiger partial charge on any atom is -0.399 e. The highest BCUT2D eigenvalue weighted by Gasteiger charge is 2.33. The Morgan fingerprint density at radius 3 is 2.46 bits per heavy atom. The lowest BCUT2D eigenvalue weighted by molar-refractivity contribution is 0.683. The molecule has 1 aliphatic heterocycles. The van der Waals surface area contributed by atoms with Gasteiger partial charge in [-0.1, -0.05) is 43.3 Å². The molecule has 3 aromatic carbocycles. The number of benzene rings is 3. The van der Waals surface area contributed by atoms with Gasteiger partial charge in [-0.15, -0.1) is 0 Å².